The molecule has 0 unspecified atom stereocenters. The van der Waals surface area contributed by atoms with Crippen LogP contribution in [-0.4, -0.2) is 11.4 Å². The lowest BCUT2D eigenvalue weighted by molar-refractivity contribution is -0.121. The van der Waals surface area contributed by atoms with E-state index in [9.17, 15) is 4.79 Å². The van der Waals surface area contributed by atoms with Crippen LogP contribution in [0.5, 0.6) is 0 Å². The van der Waals surface area contributed by atoms with Crippen LogP contribution in [-0.2, 0) is 4.79 Å². The van der Waals surface area contributed by atoms with Gasteiger partial charge in [-0.2, -0.15) is 5.26 Å². The molecule has 1 saturated carbocycles. The number of nitrogens with one attached hydrogen (secondary N) is 1. The lowest BCUT2D eigenvalue weighted by atomic mass is 10.2. The first-order chi connectivity index (χ1) is 5.72. The minimum absolute atomic E-state index is 0.0240. The second kappa shape index (κ2) is 3.57. The first-order valence-corrected chi connectivity index (χ1v) is 4.45. The number of hydrogen-bond donors (Lipinski definition) is 1. The zero-order valence-corrected chi connectivity index (χ0v) is 7.39. The van der Waals surface area contributed by atoms with Gasteiger partial charge in [-0.3, -0.25) is 4.79 Å². The fraction of sp³-hybridized carbons (Fsp3) is 0.778. The summed E-state index contributed by atoms with van der Waals surface area (Å²) in [5.41, 5.74) is -0.481. The number of hydrogen-bond acceptors (Lipinski definition) is 2. The molecule has 1 amide bonds. The number of nitrogens with zero attached hydrogens (tertiary/aromatic N) is 1. The number of unbranched alkanes of at least 4 members (excludes halogenated alkanes) is 1. The molecule has 1 N–H and O–H groups in total. The Balaban J connectivity index is 2.23. The van der Waals surface area contributed by atoms with E-state index in [4.69, 9.17) is 5.26 Å². The van der Waals surface area contributed by atoms with Crippen LogP contribution in [0.1, 0.15) is 39.0 Å². The summed E-state index contributed by atoms with van der Waals surface area (Å²) in [7, 11) is 0. The van der Waals surface area contributed by atoms with Crippen molar-refractivity contribution in [3.05, 3.63) is 0 Å². The number of rotatable bonds is 4. The Bertz CT molecular complexity index is 213. The number of amides is 1. The van der Waals surface area contributed by atoms with Gasteiger partial charge in [-0.05, 0) is 19.3 Å². The maximum absolute atomic E-state index is 11.2. The zero-order chi connectivity index (χ0) is 9.03. The van der Waals surface area contributed by atoms with E-state index in [1.807, 2.05) is 6.92 Å². The second-order valence-corrected chi connectivity index (χ2v) is 3.35. The number of carbonyl (C=O) groups is 1. The predicted molar refractivity (Wildman–Crippen MR) is 45.2 cm³/mol. The second-order valence-electron chi connectivity index (χ2n) is 3.35. The molecule has 0 saturated heterocycles. The third kappa shape index (κ3) is 2.23. The van der Waals surface area contributed by atoms with Crippen molar-refractivity contribution in [1.82, 2.24) is 5.32 Å². The average Bonchev–Trinajstić information content (AvgIpc) is 2.82. The molecule has 3 heteroatoms. The fourth-order valence-electron chi connectivity index (χ4n) is 1.06. The van der Waals surface area contributed by atoms with Gasteiger partial charge in [0, 0.05) is 6.42 Å². The van der Waals surface area contributed by atoms with Crippen LogP contribution in [0.25, 0.3) is 0 Å². The van der Waals surface area contributed by atoms with Gasteiger partial charge in [0.2, 0.25) is 5.91 Å². The maximum atomic E-state index is 11.2. The minimum atomic E-state index is -0.481. The Hall–Kier alpha value is -1.04. The van der Waals surface area contributed by atoms with Gasteiger partial charge in [0.05, 0.1) is 6.07 Å². The van der Waals surface area contributed by atoms with Gasteiger partial charge in [0.15, 0.2) is 0 Å². The van der Waals surface area contributed by atoms with E-state index in [1.165, 1.54) is 0 Å². The smallest absolute Gasteiger partial charge is 0.221 e. The standard InChI is InChI=1S/C9H14N2O/c1-2-3-4-8(12)11-9(7-10)5-6-9/h2-6H2,1H3,(H,11,12). The molecular formula is C9H14N2O. The van der Waals surface area contributed by atoms with E-state index >= 15 is 0 Å². The normalized spacial score (nSPS) is 18.0. The van der Waals surface area contributed by atoms with Gasteiger partial charge < -0.3 is 5.32 Å². The Morgan fingerprint density at radius 2 is 2.33 bits per heavy atom. The average molecular weight is 166 g/mol. The largest absolute Gasteiger partial charge is 0.338 e. The summed E-state index contributed by atoms with van der Waals surface area (Å²) in [6, 6.07) is 2.13. The lowest BCUT2D eigenvalue weighted by Gasteiger charge is -2.07. The van der Waals surface area contributed by atoms with Gasteiger partial charge in [0.25, 0.3) is 0 Å². The highest BCUT2D eigenvalue weighted by molar-refractivity contribution is 5.77. The van der Waals surface area contributed by atoms with Crippen LogP contribution in [0.2, 0.25) is 0 Å². The highest BCUT2D eigenvalue weighted by atomic mass is 16.1. The lowest BCUT2D eigenvalue weighted by Crippen LogP contribution is -2.35. The minimum Gasteiger partial charge on any atom is -0.338 e. The van der Waals surface area contributed by atoms with Gasteiger partial charge in [-0.1, -0.05) is 13.3 Å². The maximum Gasteiger partial charge on any atom is 0.221 e. The highest BCUT2D eigenvalue weighted by Crippen LogP contribution is 2.34. The Labute approximate surface area is 72.8 Å². The van der Waals surface area contributed by atoms with Crippen LogP contribution < -0.4 is 5.32 Å². The summed E-state index contributed by atoms with van der Waals surface area (Å²) < 4.78 is 0. The molecule has 66 valence electrons. The summed E-state index contributed by atoms with van der Waals surface area (Å²) in [5.74, 6) is 0.0240. The molecule has 0 aromatic rings. The van der Waals surface area contributed by atoms with E-state index in [2.05, 4.69) is 11.4 Å². The molecule has 0 spiro atoms. The molecule has 0 aromatic heterocycles. The van der Waals surface area contributed by atoms with Crippen LogP contribution in [0.3, 0.4) is 0 Å². The molecule has 0 heterocycles. The molecule has 1 aliphatic carbocycles. The summed E-state index contributed by atoms with van der Waals surface area (Å²) in [5, 5.41) is 11.4. The summed E-state index contributed by atoms with van der Waals surface area (Å²) in [4.78, 5) is 11.2. The van der Waals surface area contributed by atoms with Crippen molar-refractivity contribution < 1.29 is 4.79 Å². The molecule has 0 aromatic carbocycles. The van der Waals surface area contributed by atoms with E-state index in [1.54, 1.807) is 0 Å². The molecule has 12 heavy (non-hydrogen) atoms. The molecule has 0 bridgehead atoms. The van der Waals surface area contributed by atoms with Crippen molar-refractivity contribution in [2.24, 2.45) is 0 Å². The molecule has 0 atom stereocenters. The monoisotopic (exact) mass is 166 g/mol. The molecule has 1 aliphatic rings. The zero-order valence-electron chi connectivity index (χ0n) is 7.39. The summed E-state index contributed by atoms with van der Waals surface area (Å²) in [6.07, 6.45) is 4.13. The predicted octanol–water partition coefficient (Wildman–Crippen LogP) is 1.35. The Morgan fingerprint density at radius 1 is 1.67 bits per heavy atom. The third-order valence-electron chi connectivity index (χ3n) is 2.10. The van der Waals surface area contributed by atoms with Gasteiger partial charge in [-0.25, -0.2) is 0 Å². The van der Waals surface area contributed by atoms with Crippen molar-refractivity contribution in [3.8, 4) is 6.07 Å². The molecule has 1 rings (SSSR count). The molecular weight excluding hydrogens is 152 g/mol. The molecule has 3 nitrogen and oxygen atoms in total. The van der Waals surface area contributed by atoms with Crippen LogP contribution >= 0.6 is 0 Å². The van der Waals surface area contributed by atoms with Crippen LogP contribution in [0, 0.1) is 11.3 Å². The fourth-order valence-corrected chi connectivity index (χ4v) is 1.06. The van der Waals surface area contributed by atoms with E-state index in [0.717, 1.165) is 25.7 Å². The Kier molecular flexibility index (Phi) is 2.69. The van der Waals surface area contributed by atoms with Crippen molar-refractivity contribution >= 4 is 5.91 Å². The highest BCUT2D eigenvalue weighted by Gasteiger charge is 2.44. The quantitative estimate of drug-likeness (QED) is 0.685. The van der Waals surface area contributed by atoms with Gasteiger partial charge in [-0.15, -0.1) is 0 Å². The topological polar surface area (TPSA) is 52.9 Å². The van der Waals surface area contributed by atoms with E-state index in [-0.39, 0.29) is 5.91 Å². The first-order valence-electron chi connectivity index (χ1n) is 4.45. The third-order valence-corrected chi connectivity index (χ3v) is 2.10. The summed E-state index contributed by atoms with van der Waals surface area (Å²) >= 11 is 0. The van der Waals surface area contributed by atoms with Gasteiger partial charge in [0.1, 0.15) is 5.54 Å². The molecule has 0 radical (unpaired) electrons. The summed E-state index contributed by atoms with van der Waals surface area (Å²) in [6.45, 7) is 2.05. The first kappa shape index (κ1) is 9.05. The molecule has 0 aliphatic heterocycles. The van der Waals surface area contributed by atoms with E-state index < -0.39 is 5.54 Å². The van der Waals surface area contributed by atoms with Gasteiger partial charge >= 0.3 is 0 Å². The van der Waals surface area contributed by atoms with Crippen molar-refractivity contribution in [1.29, 1.82) is 5.26 Å². The van der Waals surface area contributed by atoms with E-state index in [0.29, 0.717) is 6.42 Å². The van der Waals surface area contributed by atoms with Crippen LogP contribution in [0.15, 0.2) is 0 Å². The van der Waals surface area contributed by atoms with Crippen molar-refractivity contribution in [2.45, 2.75) is 44.6 Å². The van der Waals surface area contributed by atoms with Crippen molar-refractivity contribution in [3.63, 3.8) is 0 Å². The van der Waals surface area contributed by atoms with Crippen molar-refractivity contribution in [2.75, 3.05) is 0 Å². The number of nitriles is 1. The Morgan fingerprint density at radius 3 is 2.75 bits per heavy atom. The number of carbonyl (C=O) groups excluding carboxylic acids is 1. The van der Waals surface area contributed by atoms with Crippen LogP contribution in [0.4, 0.5) is 0 Å². The SMILES string of the molecule is CCCCC(=O)NC1(C#N)CC1. The molecule has 1 fully saturated rings.